The third kappa shape index (κ3) is 5.63. The first-order valence-electron chi connectivity index (χ1n) is 13.4. The molecule has 0 bridgehead atoms. The van der Waals surface area contributed by atoms with Crippen molar-refractivity contribution < 1.29 is 19.5 Å². The maximum Gasteiger partial charge on any atom is 0.228 e. The molecule has 1 unspecified atom stereocenters. The maximum atomic E-state index is 13.3. The number of carbonyl (C=O) groups excluding carboxylic acids is 3. The summed E-state index contributed by atoms with van der Waals surface area (Å²) in [5.74, 6) is 1.37. The van der Waals surface area contributed by atoms with Gasteiger partial charge >= 0.3 is 0 Å². The van der Waals surface area contributed by atoms with Gasteiger partial charge in [0.05, 0.1) is 12.1 Å². The Morgan fingerprint density at radius 2 is 1.97 bits per heavy atom. The minimum Gasteiger partial charge on any atom is -0.387 e. The van der Waals surface area contributed by atoms with Crippen molar-refractivity contribution in [1.29, 1.82) is 0 Å². The number of aldehydes is 1. The lowest BCUT2D eigenvalue weighted by Crippen LogP contribution is -2.63. The molecule has 2 amide bonds. The van der Waals surface area contributed by atoms with Crippen LogP contribution in [-0.4, -0.2) is 81.9 Å². The number of β-amino-alcohol motifs (C(OH)–C–C–N with tert-alkyl or cyclic N) is 1. The standard InChI is InChI=1S/C27H42N4O4/c1-20(14-21-8-5-4-6-9-21)25(34)30-13-11-27(35,26(2,3)18-30)19-29-15-22(17-32)28-23(16-29)31-12-7-10-24(31)33/h16-17,20-21,35H,4-15,18-19H2,1-3H3/t20-,27?/m1/s1. The quantitative estimate of drug-likeness (QED) is 0.559. The van der Waals surface area contributed by atoms with E-state index in [1.807, 2.05) is 23.6 Å². The molecule has 8 nitrogen and oxygen atoms in total. The summed E-state index contributed by atoms with van der Waals surface area (Å²) in [6, 6.07) is 0. The minimum absolute atomic E-state index is 0.0111. The molecule has 2 saturated heterocycles. The molecule has 1 N–H and O–H groups in total. The molecule has 0 aromatic heterocycles. The summed E-state index contributed by atoms with van der Waals surface area (Å²) in [4.78, 5) is 47.0. The highest BCUT2D eigenvalue weighted by Crippen LogP contribution is 2.40. The van der Waals surface area contributed by atoms with Crippen molar-refractivity contribution in [2.24, 2.45) is 22.2 Å². The smallest absolute Gasteiger partial charge is 0.228 e. The molecule has 4 rings (SSSR count). The van der Waals surface area contributed by atoms with E-state index >= 15 is 0 Å². The number of piperidine rings is 1. The summed E-state index contributed by atoms with van der Waals surface area (Å²) in [7, 11) is 0. The fourth-order valence-corrected chi connectivity index (χ4v) is 6.33. The van der Waals surface area contributed by atoms with Gasteiger partial charge in [-0.25, -0.2) is 4.99 Å². The van der Waals surface area contributed by atoms with Gasteiger partial charge in [-0.05, 0) is 25.2 Å². The Hall–Kier alpha value is -2.22. The molecular weight excluding hydrogens is 444 g/mol. The second-order valence-electron chi connectivity index (χ2n) is 11.8. The van der Waals surface area contributed by atoms with Crippen LogP contribution in [0.15, 0.2) is 17.0 Å². The van der Waals surface area contributed by atoms with E-state index < -0.39 is 11.0 Å². The number of hydrogen-bond acceptors (Lipinski definition) is 6. The molecular formula is C27H42N4O4. The van der Waals surface area contributed by atoms with Crippen molar-refractivity contribution in [3.05, 3.63) is 12.0 Å². The first kappa shape index (κ1) is 25.9. The number of amides is 2. The Morgan fingerprint density at radius 3 is 2.60 bits per heavy atom. The van der Waals surface area contributed by atoms with Gasteiger partial charge in [0.1, 0.15) is 5.71 Å². The zero-order chi connectivity index (χ0) is 25.2. The molecule has 8 heteroatoms. The molecule has 0 spiro atoms. The van der Waals surface area contributed by atoms with Crippen molar-refractivity contribution in [3.8, 4) is 0 Å². The largest absolute Gasteiger partial charge is 0.387 e. The summed E-state index contributed by atoms with van der Waals surface area (Å²) < 4.78 is 0. The van der Waals surface area contributed by atoms with Gasteiger partial charge in [-0.3, -0.25) is 19.3 Å². The molecule has 4 aliphatic rings. The Bertz CT molecular complexity index is 892. The van der Waals surface area contributed by atoms with Crippen molar-refractivity contribution in [2.75, 3.05) is 32.7 Å². The second kappa shape index (κ2) is 10.4. The van der Waals surface area contributed by atoms with Crippen LogP contribution in [0.5, 0.6) is 0 Å². The number of aliphatic hydroxyl groups is 1. The molecule has 1 aliphatic carbocycles. The van der Waals surface area contributed by atoms with E-state index in [-0.39, 0.29) is 17.7 Å². The SMILES string of the molecule is C[C@H](CC1CCCCC1)C(=O)N1CCC(O)(CN2C=C(N3CCCC3=O)N=C(C=O)C2)C(C)(C)C1. The van der Waals surface area contributed by atoms with Crippen LogP contribution in [0.4, 0.5) is 0 Å². The highest BCUT2D eigenvalue weighted by molar-refractivity contribution is 6.29. The summed E-state index contributed by atoms with van der Waals surface area (Å²) in [5.41, 5.74) is -1.22. The Labute approximate surface area is 209 Å². The van der Waals surface area contributed by atoms with Gasteiger partial charge in [0.15, 0.2) is 12.1 Å². The number of carbonyl (C=O) groups is 3. The highest BCUT2D eigenvalue weighted by atomic mass is 16.3. The van der Waals surface area contributed by atoms with Crippen LogP contribution in [0.3, 0.4) is 0 Å². The van der Waals surface area contributed by atoms with Crippen molar-refractivity contribution >= 4 is 23.8 Å². The van der Waals surface area contributed by atoms with Crippen LogP contribution in [0, 0.1) is 17.3 Å². The first-order chi connectivity index (χ1) is 16.6. The van der Waals surface area contributed by atoms with E-state index in [2.05, 4.69) is 11.9 Å². The molecule has 0 aromatic carbocycles. The number of aliphatic imine (C=N–C) groups is 1. The average Bonchev–Trinajstić information content (AvgIpc) is 3.26. The van der Waals surface area contributed by atoms with Crippen LogP contribution in [-0.2, 0) is 14.4 Å². The van der Waals surface area contributed by atoms with Gasteiger partial charge in [-0.2, -0.15) is 0 Å². The predicted molar refractivity (Wildman–Crippen MR) is 134 cm³/mol. The van der Waals surface area contributed by atoms with Crippen LogP contribution in [0.2, 0.25) is 0 Å². The first-order valence-corrected chi connectivity index (χ1v) is 13.4. The summed E-state index contributed by atoms with van der Waals surface area (Å²) in [6.07, 6.45) is 11.6. The van der Waals surface area contributed by atoms with E-state index in [4.69, 9.17) is 0 Å². The Balaban J connectivity index is 1.41. The van der Waals surface area contributed by atoms with Gasteiger partial charge in [0.25, 0.3) is 0 Å². The van der Waals surface area contributed by atoms with E-state index in [1.165, 1.54) is 32.1 Å². The van der Waals surface area contributed by atoms with Gasteiger partial charge in [-0.15, -0.1) is 0 Å². The molecule has 2 atom stereocenters. The van der Waals surface area contributed by atoms with Gasteiger partial charge < -0.3 is 14.9 Å². The van der Waals surface area contributed by atoms with Crippen molar-refractivity contribution in [3.63, 3.8) is 0 Å². The summed E-state index contributed by atoms with van der Waals surface area (Å²) >= 11 is 0. The van der Waals surface area contributed by atoms with Gasteiger partial charge in [0, 0.05) is 50.1 Å². The Morgan fingerprint density at radius 1 is 1.23 bits per heavy atom. The molecule has 0 aromatic rings. The van der Waals surface area contributed by atoms with Gasteiger partial charge in [0.2, 0.25) is 11.8 Å². The third-order valence-electron chi connectivity index (χ3n) is 8.66. The molecule has 194 valence electrons. The Kier molecular flexibility index (Phi) is 7.69. The van der Waals surface area contributed by atoms with Crippen LogP contribution in [0.1, 0.15) is 78.6 Å². The number of hydrogen-bond donors (Lipinski definition) is 1. The fraction of sp³-hybridized carbons (Fsp3) is 0.778. The van der Waals surface area contributed by atoms with E-state index in [1.54, 1.807) is 11.1 Å². The lowest BCUT2D eigenvalue weighted by Gasteiger charge is -2.52. The molecule has 3 heterocycles. The van der Waals surface area contributed by atoms with Crippen LogP contribution in [0.25, 0.3) is 0 Å². The lowest BCUT2D eigenvalue weighted by molar-refractivity contribution is -0.156. The summed E-state index contributed by atoms with van der Waals surface area (Å²) in [6.45, 7) is 8.34. The van der Waals surface area contributed by atoms with Crippen LogP contribution >= 0.6 is 0 Å². The number of rotatable bonds is 7. The topological polar surface area (TPSA) is 93.5 Å². The predicted octanol–water partition coefficient (Wildman–Crippen LogP) is 2.96. The molecule has 3 fully saturated rings. The number of likely N-dealkylation sites (tertiary alicyclic amines) is 2. The fourth-order valence-electron chi connectivity index (χ4n) is 6.33. The van der Waals surface area contributed by atoms with Crippen molar-refractivity contribution in [2.45, 2.75) is 84.2 Å². The van der Waals surface area contributed by atoms with E-state index in [0.29, 0.717) is 63.0 Å². The van der Waals surface area contributed by atoms with E-state index in [0.717, 1.165) is 19.1 Å². The zero-order valence-electron chi connectivity index (χ0n) is 21.7. The minimum atomic E-state index is -1.04. The third-order valence-corrected chi connectivity index (χ3v) is 8.66. The normalized spacial score (nSPS) is 28.6. The second-order valence-corrected chi connectivity index (χ2v) is 11.8. The number of nitrogens with zero attached hydrogens (tertiary/aromatic N) is 4. The molecule has 0 radical (unpaired) electrons. The summed E-state index contributed by atoms with van der Waals surface area (Å²) in [5, 5.41) is 11.8. The average molecular weight is 487 g/mol. The lowest BCUT2D eigenvalue weighted by atomic mass is 9.69. The monoisotopic (exact) mass is 486 g/mol. The van der Waals surface area contributed by atoms with E-state index in [9.17, 15) is 19.5 Å². The maximum absolute atomic E-state index is 13.3. The highest BCUT2D eigenvalue weighted by Gasteiger charge is 2.50. The van der Waals surface area contributed by atoms with Crippen LogP contribution < -0.4 is 0 Å². The molecule has 1 saturated carbocycles. The molecule has 3 aliphatic heterocycles. The van der Waals surface area contributed by atoms with Crippen molar-refractivity contribution in [1.82, 2.24) is 14.7 Å². The van der Waals surface area contributed by atoms with Gasteiger partial charge in [-0.1, -0.05) is 52.9 Å². The zero-order valence-corrected chi connectivity index (χ0v) is 21.7. The molecule has 35 heavy (non-hydrogen) atoms.